The van der Waals surface area contributed by atoms with E-state index in [1.54, 1.807) is 36.4 Å². The minimum absolute atomic E-state index is 0. The normalized spacial score (nSPS) is 16.0. The van der Waals surface area contributed by atoms with Gasteiger partial charge in [-0.25, -0.2) is 4.79 Å². The summed E-state index contributed by atoms with van der Waals surface area (Å²) in [6, 6.07) is 10.4. The molecule has 2 aromatic rings. The van der Waals surface area contributed by atoms with Crippen LogP contribution in [-0.4, -0.2) is 48.1 Å². The molecule has 197 valence electrons. The second-order valence-corrected chi connectivity index (χ2v) is 9.66. The van der Waals surface area contributed by atoms with Crippen LogP contribution in [0.1, 0.15) is 43.2 Å². The summed E-state index contributed by atoms with van der Waals surface area (Å²) in [6.07, 6.45) is 4.81. The maximum absolute atomic E-state index is 13.4. The first-order valence-electron chi connectivity index (χ1n) is 12.2. The molecule has 8 nitrogen and oxygen atoms in total. The maximum Gasteiger partial charge on any atom is 0.328 e. The van der Waals surface area contributed by atoms with Crippen molar-refractivity contribution in [3.63, 3.8) is 0 Å². The van der Waals surface area contributed by atoms with E-state index >= 15 is 0 Å². The number of hydrogen-bond acceptors (Lipinski definition) is 5. The average Bonchev–Trinajstić information content (AvgIpc) is 2.88. The quantitative estimate of drug-likeness (QED) is 0.318. The van der Waals surface area contributed by atoms with Crippen molar-refractivity contribution in [1.82, 2.24) is 10.6 Å². The van der Waals surface area contributed by atoms with E-state index in [-0.39, 0.29) is 68.6 Å². The zero-order valence-electron chi connectivity index (χ0n) is 20.9. The summed E-state index contributed by atoms with van der Waals surface area (Å²) in [4.78, 5) is 38.8. The van der Waals surface area contributed by atoms with Crippen molar-refractivity contribution in [1.29, 1.82) is 0 Å². The molecule has 10 heteroatoms. The fourth-order valence-electron chi connectivity index (χ4n) is 4.58. The van der Waals surface area contributed by atoms with Crippen LogP contribution in [0.25, 0.3) is 5.73 Å². The van der Waals surface area contributed by atoms with E-state index < -0.39 is 35.9 Å². The zero-order valence-corrected chi connectivity index (χ0v) is 26.4. The first-order chi connectivity index (χ1) is 17.3. The molecule has 3 atom stereocenters. The number of methoxy groups -OCH3 is 1. The van der Waals surface area contributed by atoms with Crippen LogP contribution in [0, 0.1) is 50.0 Å². The van der Waals surface area contributed by atoms with E-state index in [9.17, 15) is 19.5 Å². The Morgan fingerprint density at radius 1 is 1.00 bits per heavy atom. The minimum atomic E-state index is -1.10. The summed E-state index contributed by atoms with van der Waals surface area (Å²) in [6.45, 7) is 0. The number of rotatable bonds is 10. The Morgan fingerprint density at radius 2 is 1.68 bits per heavy atom. The summed E-state index contributed by atoms with van der Waals surface area (Å²) in [5.41, 5.74) is 9.80. The molecule has 0 spiro atoms. The van der Waals surface area contributed by atoms with Gasteiger partial charge >= 0.3 is 5.97 Å². The van der Waals surface area contributed by atoms with Crippen LogP contribution in [0.2, 0.25) is 5.02 Å². The Balaban J connectivity index is 0.00000481. The standard InChI is InChI=1S/C27H33ClN3O5.Ac/c1-36-27(35)23(16-18-6-5-9-21(32)14-18)30-26(34)24(19-7-3-2-4-8-19)31-25(33)22(29)15-17-10-12-20(28)13-11-17;/h5-6,9-14,19,22-24,29,32H,2-4,7-8,15-16H2,1H3,(H,30,34)(H,31,33);/q-1;/t22?,23?,24-;/m0./s1. The Labute approximate surface area is 258 Å². The molecule has 1 fully saturated rings. The number of aromatic hydroxyl groups is 1. The smallest absolute Gasteiger partial charge is 0.328 e. The Kier molecular flexibility index (Phi) is 13.4. The first-order valence-corrected chi connectivity index (χ1v) is 12.6. The summed E-state index contributed by atoms with van der Waals surface area (Å²) in [5, 5.41) is 15.9. The van der Waals surface area contributed by atoms with Crippen LogP contribution in [0.15, 0.2) is 48.5 Å². The molecule has 1 aliphatic carbocycles. The SMILES string of the molecule is COC(=O)C(Cc1cccc(O)c1)NC(=O)[C@@H](NC(=O)C([NH-])Cc1ccc(Cl)cc1)C1CCCCC1.[Ac]. The Hall–Kier alpha value is -1.66. The van der Waals surface area contributed by atoms with Crippen molar-refractivity contribution in [2.45, 2.75) is 63.1 Å². The number of phenolic OH excluding ortho intramolecular Hbond substituents is 1. The molecule has 0 heterocycles. The third kappa shape index (κ3) is 9.87. The van der Waals surface area contributed by atoms with E-state index in [1.165, 1.54) is 19.2 Å². The third-order valence-corrected chi connectivity index (χ3v) is 6.78. The van der Waals surface area contributed by atoms with E-state index in [1.807, 2.05) is 0 Å². The van der Waals surface area contributed by atoms with E-state index in [4.69, 9.17) is 22.1 Å². The molecule has 1 aliphatic rings. The molecule has 2 unspecified atom stereocenters. The molecule has 1 saturated carbocycles. The van der Waals surface area contributed by atoms with Gasteiger partial charge in [0.25, 0.3) is 0 Å². The average molecular weight is 742 g/mol. The molecule has 0 saturated heterocycles. The molecule has 0 aliphatic heterocycles. The van der Waals surface area contributed by atoms with Gasteiger partial charge < -0.3 is 26.2 Å². The van der Waals surface area contributed by atoms with Crippen LogP contribution >= 0.6 is 11.6 Å². The fraction of sp³-hybridized carbons (Fsp3) is 0.444. The van der Waals surface area contributed by atoms with Crippen molar-refractivity contribution in [3.05, 3.63) is 70.4 Å². The fourth-order valence-corrected chi connectivity index (χ4v) is 4.71. The maximum atomic E-state index is 13.4. The van der Waals surface area contributed by atoms with Gasteiger partial charge in [0.2, 0.25) is 11.8 Å². The van der Waals surface area contributed by atoms with Gasteiger partial charge in [0.05, 0.1) is 7.11 Å². The number of nitrogens with one attached hydrogen (secondary N) is 3. The number of carbonyl (C=O) groups is 3. The second-order valence-electron chi connectivity index (χ2n) is 9.23. The van der Waals surface area contributed by atoms with Gasteiger partial charge in [0, 0.05) is 55.5 Å². The summed E-state index contributed by atoms with van der Waals surface area (Å²) in [7, 11) is 1.24. The molecule has 37 heavy (non-hydrogen) atoms. The number of amides is 2. The Bertz CT molecular complexity index is 1050. The van der Waals surface area contributed by atoms with Crippen LogP contribution in [0.4, 0.5) is 0 Å². The van der Waals surface area contributed by atoms with Gasteiger partial charge in [-0.05, 0) is 60.6 Å². The number of phenols is 1. The number of halogens is 1. The number of ether oxygens (including phenoxy) is 1. The van der Waals surface area contributed by atoms with E-state index in [0.717, 1.165) is 37.7 Å². The van der Waals surface area contributed by atoms with Crippen LogP contribution in [0.5, 0.6) is 5.75 Å². The van der Waals surface area contributed by atoms with Gasteiger partial charge in [-0.1, -0.05) is 61.2 Å². The molecular weight excluding hydrogens is 709 g/mol. The Morgan fingerprint density at radius 3 is 2.30 bits per heavy atom. The number of esters is 1. The van der Waals surface area contributed by atoms with Crippen molar-refractivity contribution < 1.29 is 68.3 Å². The first kappa shape index (κ1) is 31.6. The zero-order chi connectivity index (χ0) is 26.1. The molecule has 3 rings (SSSR count). The van der Waals surface area contributed by atoms with Crippen molar-refractivity contribution in [2.24, 2.45) is 5.92 Å². The predicted octanol–water partition coefficient (Wildman–Crippen LogP) is 3.97. The van der Waals surface area contributed by atoms with Gasteiger partial charge in [0.15, 0.2) is 0 Å². The van der Waals surface area contributed by atoms with Crippen molar-refractivity contribution in [3.8, 4) is 5.75 Å². The van der Waals surface area contributed by atoms with E-state index in [0.29, 0.717) is 10.6 Å². The van der Waals surface area contributed by atoms with Gasteiger partial charge in [-0.15, -0.1) is 0 Å². The van der Waals surface area contributed by atoms with Gasteiger partial charge in [-0.3, -0.25) is 9.59 Å². The van der Waals surface area contributed by atoms with Crippen molar-refractivity contribution in [2.75, 3.05) is 7.11 Å². The van der Waals surface area contributed by atoms with Crippen molar-refractivity contribution >= 4 is 29.4 Å². The van der Waals surface area contributed by atoms with Crippen LogP contribution in [0.3, 0.4) is 0 Å². The summed E-state index contributed by atoms with van der Waals surface area (Å²) >= 11 is 5.92. The second kappa shape index (κ2) is 15.7. The molecule has 1 radical (unpaired) electrons. The number of carbonyl (C=O) groups excluding carboxylic acids is 3. The van der Waals surface area contributed by atoms with E-state index in [2.05, 4.69) is 10.6 Å². The van der Waals surface area contributed by atoms with Crippen LogP contribution < -0.4 is 10.6 Å². The molecule has 4 N–H and O–H groups in total. The summed E-state index contributed by atoms with van der Waals surface area (Å²) in [5.74, 6) is -1.69. The molecular formula is C27H33AcClN3O5-. The minimum Gasteiger partial charge on any atom is -0.667 e. The predicted molar refractivity (Wildman–Crippen MR) is 138 cm³/mol. The number of benzene rings is 2. The van der Waals surface area contributed by atoms with Gasteiger partial charge in [0.1, 0.15) is 17.8 Å². The molecule has 2 amide bonds. The summed E-state index contributed by atoms with van der Waals surface area (Å²) < 4.78 is 4.89. The third-order valence-electron chi connectivity index (χ3n) is 6.52. The van der Waals surface area contributed by atoms with Gasteiger partial charge in [-0.2, -0.15) is 0 Å². The molecule has 2 aromatic carbocycles. The topological polar surface area (TPSA) is 129 Å². The number of hydrogen-bond donors (Lipinski definition) is 3. The monoisotopic (exact) mass is 741 g/mol. The largest absolute Gasteiger partial charge is 0.667 e. The molecule has 0 aromatic heterocycles. The molecule has 0 bridgehead atoms. The van der Waals surface area contributed by atoms with Crippen LogP contribution in [-0.2, 0) is 32.0 Å².